The summed E-state index contributed by atoms with van der Waals surface area (Å²) >= 11 is 0. The van der Waals surface area contributed by atoms with Gasteiger partial charge in [-0.05, 0) is 80.5 Å². The van der Waals surface area contributed by atoms with Crippen molar-refractivity contribution in [3.8, 4) is 5.75 Å². The smallest absolute Gasteiger partial charge is 0.243 e. The molecule has 1 unspecified atom stereocenters. The first-order valence-electron chi connectivity index (χ1n) is 9.33. The van der Waals surface area contributed by atoms with Crippen LogP contribution in [0.1, 0.15) is 50.1 Å². The van der Waals surface area contributed by atoms with Gasteiger partial charge in [0.2, 0.25) is 10.0 Å². The monoisotopic (exact) mass is 372 g/mol. The summed E-state index contributed by atoms with van der Waals surface area (Å²) in [5.74, 6) is 0.753. The number of hydrogen-bond acceptors (Lipinski definition) is 4. The second kappa shape index (κ2) is 7.37. The van der Waals surface area contributed by atoms with Crippen LogP contribution < -0.4 is 4.74 Å². The number of ether oxygens (including phenoxy) is 1. The summed E-state index contributed by atoms with van der Waals surface area (Å²) in [5.41, 5.74) is 1.00. The van der Waals surface area contributed by atoms with Gasteiger partial charge in [0.1, 0.15) is 5.75 Å². The number of hydrogen-bond donors (Lipinski definition) is 0. The van der Waals surface area contributed by atoms with Crippen LogP contribution in [-0.2, 0) is 10.0 Å². The molecule has 2 aliphatic rings. The Kier molecular flexibility index (Phi) is 4.96. The minimum absolute atomic E-state index is 0.114. The number of nitrogens with zero attached hydrogens (tertiary/aromatic N) is 2. The minimum atomic E-state index is -3.52. The molecule has 4 rings (SSSR count). The Labute approximate surface area is 155 Å². The highest BCUT2D eigenvalue weighted by atomic mass is 32.2. The van der Waals surface area contributed by atoms with Crippen LogP contribution in [0.3, 0.4) is 0 Å². The second-order valence-corrected chi connectivity index (χ2v) is 8.94. The highest BCUT2D eigenvalue weighted by Crippen LogP contribution is 2.36. The van der Waals surface area contributed by atoms with E-state index in [1.54, 1.807) is 41.0 Å². The molecular formula is C20H24N2O3S. The van der Waals surface area contributed by atoms with Gasteiger partial charge in [0, 0.05) is 18.9 Å². The van der Waals surface area contributed by atoms with Crippen LogP contribution >= 0.6 is 0 Å². The molecule has 1 atom stereocenters. The zero-order valence-corrected chi connectivity index (χ0v) is 15.6. The van der Waals surface area contributed by atoms with Gasteiger partial charge in [0.25, 0.3) is 0 Å². The molecule has 1 aromatic heterocycles. The summed E-state index contributed by atoms with van der Waals surface area (Å²) in [6.45, 7) is 0.551. The number of rotatable bonds is 5. The van der Waals surface area contributed by atoms with E-state index in [1.807, 2.05) is 12.1 Å². The summed E-state index contributed by atoms with van der Waals surface area (Å²) in [7, 11) is -3.52. The topological polar surface area (TPSA) is 59.5 Å². The molecule has 0 radical (unpaired) electrons. The highest BCUT2D eigenvalue weighted by molar-refractivity contribution is 7.89. The van der Waals surface area contributed by atoms with Crippen LogP contribution in [0.5, 0.6) is 5.75 Å². The van der Waals surface area contributed by atoms with Crippen molar-refractivity contribution in [2.45, 2.75) is 55.6 Å². The zero-order valence-electron chi connectivity index (χ0n) is 14.8. The van der Waals surface area contributed by atoms with E-state index in [4.69, 9.17) is 4.74 Å². The predicted octanol–water partition coefficient (Wildman–Crippen LogP) is 3.93. The maximum Gasteiger partial charge on any atom is 0.243 e. The first kappa shape index (κ1) is 17.5. The number of pyridine rings is 1. The average molecular weight is 372 g/mol. The highest BCUT2D eigenvalue weighted by Gasteiger charge is 2.36. The van der Waals surface area contributed by atoms with Crippen molar-refractivity contribution < 1.29 is 13.2 Å². The first-order chi connectivity index (χ1) is 12.6. The van der Waals surface area contributed by atoms with E-state index in [-0.39, 0.29) is 12.1 Å². The molecule has 0 amide bonds. The van der Waals surface area contributed by atoms with E-state index in [2.05, 4.69) is 4.98 Å². The largest absolute Gasteiger partial charge is 0.490 e. The molecule has 1 aliphatic heterocycles. The van der Waals surface area contributed by atoms with Crippen molar-refractivity contribution in [1.29, 1.82) is 0 Å². The SMILES string of the molecule is O=S(=O)(c1ccc(OC2CCCC2)cc1)N1CCCC1c1ccncc1. The van der Waals surface area contributed by atoms with Crippen LogP contribution in [0.25, 0.3) is 0 Å². The lowest BCUT2D eigenvalue weighted by molar-refractivity contribution is 0.210. The van der Waals surface area contributed by atoms with E-state index >= 15 is 0 Å². The number of benzene rings is 1. The standard InChI is InChI=1S/C20H24N2O3S/c23-26(24,22-15-3-6-20(22)16-11-13-21-14-12-16)19-9-7-18(8-10-19)25-17-4-1-2-5-17/h7-14,17,20H,1-6,15H2. The summed E-state index contributed by atoms with van der Waals surface area (Å²) in [4.78, 5) is 4.36. The third-order valence-corrected chi connectivity index (χ3v) is 7.25. The summed E-state index contributed by atoms with van der Waals surface area (Å²) < 4.78 is 33.9. The predicted molar refractivity (Wildman–Crippen MR) is 99.4 cm³/mol. The van der Waals surface area contributed by atoms with Gasteiger partial charge in [-0.25, -0.2) is 8.42 Å². The van der Waals surface area contributed by atoms with Crippen LogP contribution in [-0.4, -0.2) is 30.4 Å². The fourth-order valence-electron chi connectivity index (χ4n) is 3.97. The molecule has 0 N–H and O–H groups in total. The molecule has 0 spiro atoms. The van der Waals surface area contributed by atoms with Crippen LogP contribution in [0.2, 0.25) is 0 Å². The van der Waals surface area contributed by atoms with E-state index in [9.17, 15) is 8.42 Å². The van der Waals surface area contributed by atoms with Crippen molar-refractivity contribution in [2.75, 3.05) is 6.54 Å². The lowest BCUT2D eigenvalue weighted by atomic mass is 10.1. The maximum atomic E-state index is 13.1. The van der Waals surface area contributed by atoms with Crippen molar-refractivity contribution in [3.63, 3.8) is 0 Å². The van der Waals surface area contributed by atoms with Crippen molar-refractivity contribution in [1.82, 2.24) is 9.29 Å². The molecule has 26 heavy (non-hydrogen) atoms. The maximum absolute atomic E-state index is 13.1. The Balaban J connectivity index is 1.53. The van der Waals surface area contributed by atoms with Gasteiger partial charge in [-0.3, -0.25) is 4.98 Å². The second-order valence-electron chi connectivity index (χ2n) is 7.05. The van der Waals surface area contributed by atoms with Crippen molar-refractivity contribution in [3.05, 3.63) is 54.4 Å². The molecule has 1 aliphatic carbocycles. The van der Waals surface area contributed by atoms with Gasteiger partial charge >= 0.3 is 0 Å². The van der Waals surface area contributed by atoms with Crippen LogP contribution in [0.4, 0.5) is 0 Å². The molecule has 0 bridgehead atoms. The van der Waals surface area contributed by atoms with Gasteiger partial charge in [-0.2, -0.15) is 4.31 Å². The van der Waals surface area contributed by atoms with Crippen molar-refractivity contribution in [2.24, 2.45) is 0 Å². The van der Waals surface area contributed by atoms with E-state index in [0.29, 0.717) is 11.4 Å². The fourth-order valence-corrected chi connectivity index (χ4v) is 5.65. The Bertz CT molecular complexity index is 831. The Morgan fingerprint density at radius 3 is 2.31 bits per heavy atom. The Morgan fingerprint density at radius 1 is 0.923 bits per heavy atom. The average Bonchev–Trinajstić information content (AvgIpc) is 3.35. The third-order valence-electron chi connectivity index (χ3n) is 5.33. The van der Waals surface area contributed by atoms with Crippen LogP contribution in [0.15, 0.2) is 53.7 Å². The quantitative estimate of drug-likeness (QED) is 0.798. The number of sulfonamides is 1. The van der Waals surface area contributed by atoms with Gasteiger partial charge < -0.3 is 4.74 Å². The molecule has 2 heterocycles. The summed E-state index contributed by atoms with van der Waals surface area (Å²) in [6, 6.07) is 10.6. The minimum Gasteiger partial charge on any atom is -0.490 e. The molecule has 1 saturated heterocycles. The normalized spacial score (nSPS) is 21.9. The lowest BCUT2D eigenvalue weighted by Gasteiger charge is -2.24. The third kappa shape index (κ3) is 3.48. The van der Waals surface area contributed by atoms with Gasteiger partial charge in [-0.15, -0.1) is 0 Å². The lowest BCUT2D eigenvalue weighted by Crippen LogP contribution is -2.30. The summed E-state index contributed by atoms with van der Waals surface area (Å²) in [5, 5.41) is 0. The molecule has 138 valence electrons. The molecule has 5 nitrogen and oxygen atoms in total. The molecule has 2 fully saturated rings. The van der Waals surface area contributed by atoms with E-state index in [1.165, 1.54) is 12.8 Å². The van der Waals surface area contributed by atoms with Gasteiger partial charge in [0.15, 0.2) is 0 Å². The molecular weight excluding hydrogens is 348 g/mol. The molecule has 1 saturated carbocycles. The Hall–Kier alpha value is -1.92. The fraction of sp³-hybridized carbons (Fsp3) is 0.450. The van der Waals surface area contributed by atoms with E-state index in [0.717, 1.165) is 37.0 Å². The number of aromatic nitrogens is 1. The summed E-state index contributed by atoms with van der Waals surface area (Å²) in [6.07, 6.45) is 10.0. The molecule has 6 heteroatoms. The van der Waals surface area contributed by atoms with E-state index < -0.39 is 10.0 Å². The van der Waals surface area contributed by atoms with Gasteiger partial charge in [0.05, 0.1) is 17.0 Å². The van der Waals surface area contributed by atoms with Crippen LogP contribution in [0, 0.1) is 0 Å². The van der Waals surface area contributed by atoms with Gasteiger partial charge in [-0.1, -0.05) is 0 Å². The molecule has 1 aromatic carbocycles. The zero-order chi connectivity index (χ0) is 18.0. The Morgan fingerprint density at radius 2 is 1.62 bits per heavy atom. The first-order valence-corrected chi connectivity index (χ1v) is 10.8. The van der Waals surface area contributed by atoms with Crippen molar-refractivity contribution >= 4 is 10.0 Å². The molecule has 2 aromatic rings.